The van der Waals surface area contributed by atoms with Gasteiger partial charge in [-0.3, -0.25) is 4.98 Å². The number of benzene rings is 1. The molecule has 5 rings (SSSR count). The summed E-state index contributed by atoms with van der Waals surface area (Å²) in [5, 5.41) is 3.66. The Morgan fingerprint density at radius 3 is 2.93 bits per heavy atom. The second-order valence-corrected chi connectivity index (χ2v) is 7.54. The summed E-state index contributed by atoms with van der Waals surface area (Å²) in [6.45, 7) is 1.82. The normalized spacial score (nSPS) is 17.7. The molecule has 0 saturated carbocycles. The summed E-state index contributed by atoms with van der Waals surface area (Å²) >= 11 is 6.10. The fourth-order valence-electron chi connectivity index (χ4n) is 3.59. The second kappa shape index (κ2) is 8.08. The number of pyridine rings is 2. The summed E-state index contributed by atoms with van der Waals surface area (Å²) in [6.07, 6.45) is 4.93. The number of nitrogens with one attached hydrogen (secondary N) is 1. The number of halogens is 2. The summed E-state index contributed by atoms with van der Waals surface area (Å²) < 4.78 is 31.8. The molecular formula is C22H19ClFN3O3. The molecule has 8 heteroatoms. The summed E-state index contributed by atoms with van der Waals surface area (Å²) in [5.41, 5.74) is 2.29. The number of ether oxygens (including phenoxy) is 3. The molecule has 154 valence electrons. The third-order valence-corrected chi connectivity index (χ3v) is 5.23. The summed E-state index contributed by atoms with van der Waals surface area (Å²) in [6, 6.07) is 8.07. The molecule has 1 fully saturated rings. The van der Waals surface area contributed by atoms with E-state index in [2.05, 4.69) is 15.3 Å². The van der Waals surface area contributed by atoms with E-state index in [4.69, 9.17) is 25.8 Å². The Labute approximate surface area is 178 Å². The molecule has 3 aromatic rings. The quantitative estimate of drug-likeness (QED) is 0.637. The highest BCUT2D eigenvalue weighted by Crippen LogP contribution is 2.41. The van der Waals surface area contributed by atoms with Gasteiger partial charge in [-0.05, 0) is 36.8 Å². The van der Waals surface area contributed by atoms with Gasteiger partial charge >= 0.3 is 0 Å². The molecule has 1 aromatic carbocycles. The maximum atomic E-state index is 14.5. The average Bonchev–Trinajstić information content (AvgIpc) is 3.28. The lowest BCUT2D eigenvalue weighted by molar-refractivity contribution is -0.0392. The van der Waals surface area contributed by atoms with E-state index in [9.17, 15) is 4.39 Å². The largest absolute Gasteiger partial charge is 0.487 e. The minimum absolute atomic E-state index is 0.262. The molecule has 1 saturated heterocycles. The van der Waals surface area contributed by atoms with Crippen LogP contribution >= 0.6 is 11.6 Å². The van der Waals surface area contributed by atoms with Crippen LogP contribution in [0.5, 0.6) is 11.5 Å². The van der Waals surface area contributed by atoms with Crippen molar-refractivity contribution in [2.75, 3.05) is 25.1 Å². The monoisotopic (exact) mass is 427 g/mol. The van der Waals surface area contributed by atoms with Crippen LogP contribution in [-0.2, 0) is 4.74 Å². The van der Waals surface area contributed by atoms with Crippen LogP contribution in [0.15, 0.2) is 42.7 Å². The highest BCUT2D eigenvalue weighted by molar-refractivity contribution is 6.30. The van der Waals surface area contributed by atoms with Crippen molar-refractivity contribution < 1.29 is 18.6 Å². The van der Waals surface area contributed by atoms with Gasteiger partial charge in [-0.1, -0.05) is 11.6 Å². The number of rotatable bonds is 4. The van der Waals surface area contributed by atoms with Crippen LogP contribution in [0.25, 0.3) is 22.4 Å². The molecule has 1 atom stereocenters. The van der Waals surface area contributed by atoms with Gasteiger partial charge in [0.2, 0.25) is 0 Å². The Kier molecular flexibility index (Phi) is 5.14. The SMILES string of the molecule is Fc1ccc(Cl)cc1-c1cc(-c2cncc(OC3CCCO3)c2)c2c(n1)NCCO2. The first-order valence-corrected chi connectivity index (χ1v) is 10.2. The van der Waals surface area contributed by atoms with E-state index < -0.39 is 5.82 Å². The topological polar surface area (TPSA) is 65.5 Å². The molecule has 0 bridgehead atoms. The van der Waals surface area contributed by atoms with E-state index >= 15 is 0 Å². The van der Waals surface area contributed by atoms with Crippen molar-refractivity contribution in [2.24, 2.45) is 0 Å². The van der Waals surface area contributed by atoms with E-state index in [1.165, 1.54) is 12.1 Å². The first-order valence-electron chi connectivity index (χ1n) is 9.78. The van der Waals surface area contributed by atoms with Gasteiger partial charge in [0.1, 0.15) is 18.2 Å². The van der Waals surface area contributed by atoms with Crippen molar-refractivity contribution in [2.45, 2.75) is 19.1 Å². The van der Waals surface area contributed by atoms with Crippen LogP contribution in [0, 0.1) is 5.82 Å². The zero-order valence-corrected chi connectivity index (χ0v) is 16.8. The van der Waals surface area contributed by atoms with Crippen LogP contribution in [0.3, 0.4) is 0 Å². The van der Waals surface area contributed by atoms with Gasteiger partial charge in [0.15, 0.2) is 17.9 Å². The average molecular weight is 428 g/mol. The molecule has 2 aliphatic rings. The molecule has 1 N–H and O–H groups in total. The molecule has 0 amide bonds. The maximum Gasteiger partial charge on any atom is 0.199 e. The number of fused-ring (bicyclic) bond motifs is 1. The van der Waals surface area contributed by atoms with E-state index in [0.29, 0.717) is 53.4 Å². The highest BCUT2D eigenvalue weighted by Gasteiger charge is 2.22. The van der Waals surface area contributed by atoms with E-state index in [0.717, 1.165) is 24.0 Å². The smallest absolute Gasteiger partial charge is 0.199 e. The zero-order chi connectivity index (χ0) is 20.5. The molecule has 2 aromatic heterocycles. The number of anilines is 1. The highest BCUT2D eigenvalue weighted by atomic mass is 35.5. The van der Waals surface area contributed by atoms with Crippen molar-refractivity contribution in [1.82, 2.24) is 9.97 Å². The third kappa shape index (κ3) is 3.78. The first-order chi connectivity index (χ1) is 14.7. The molecule has 2 aliphatic heterocycles. The molecular weight excluding hydrogens is 409 g/mol. The van der Waals surface area contributed by atoms with Crippen molar-refractivity contribution in [1.29, 1.82) is 0 Å². The van der Waals surface area contributed by atoms with Gasteiger partial charge < -0.3 is 19.5 Å². The van der Waals surface area contributed by atoms with E-state index in [-0.39, 0.29) is 6.29 Å². The van der Waals surface area contributed by atoms with E-state index in [1.54, 1.807) is 24.5 Å². The Balaban J connectivity index is 1.59. The number of aromatic nitrogens is 2. The lowest BCUT2D eigenvalue weighted by atomic mass is 10.0. The third-order valence-electron chi connectivity index (χ3n) is 5.00. The van der Waals surface area contributed by atoms with Gasteiger partial charge in [0.05, 0.1) is 25.0 Å². The Morgan fingerprint density at radius 2 is 2.07 bits per heavy atom. The van der Waals surface area contributed by atoms with Gasteiger partial charge in [-0.15, -0.1) is 0 Å². The second-order valence-electron chi connectivity index (χ2n) is 7.10. The van der Waals surface area contributed by atoms with Gasteiger partial charge in [-0.2, -0.15) is 0 Å². The fourth-order valence-corrected chi connectivity index (χ4v) is 3.76. The van der Waals surface area contributed by atoms with Crippen LogP contribution in [0.2, 0.25) is 5.02 Å². The van der Waals surface area contributed by atoms with Crippen molar-refractivity contribution in [3.05, 3.63) is 53.6 Å². The molecule has 0 radical (unpaired) electrons. The summed E-state index contributed by atoms with van der Waals surface area (Å²) in [5.74, 6) is 1.36. The summed E-state index contributed by atoms with van der Waals surface area (Å²) in [4.78, 5) is 8.88. The van der Waals surface area contributed by atoms with Crippen molar-refractivity contribution in [3.63, 3.8) is 0 Å². The van der Waals surface area contributed by atoms with Gasteiger partial charge in [-0.25, -0.2) is 9.37 Å². The molecule has 30 heavy (non-hydrogen) atoms. The Bertz CT molecular complexity index is 1090. The Morgan fingerprint density at radius 1 is 1.13 bits per heavy atom. The van der Waals surface area contributed by atoms with Crippen molar-refractivity contribution >= 4 is 17.4 Å². The van der Waals surface area contributed by atoms with Crippen molar-refractivity contribution in [3.8, 4) is 33.9 Å². The van der Waals surface area contributed by atoms with Gasteiger partial charge in [0.25, 0.3) is 0 Å². The standard InChI is InChI=1S/C22H19ClFN3O3/c23-14-3-4-18(24)17(9-14)19-10-16(21-22(27-19)26-5-7-29-21)13-8-15(12-25-11-13)30-20-2-1-6-28-20/h3-4,8-12,20H,1-2,5-7H2,(H,26,27). The van der Waals surface area contributed by atoms with Crippen LogP contribution in [0.1, 0.15) is 12.8 Å². The Hall–Kier alpha value is -2.90. The molecule has 6 nitrogen and oxygen atoms in total. The molecule has 0 aliphatic carbocycles. The number of nitrogens with zero attached hydrogens (tertiary/aromatic N) is 2. The lowest BCUT2D eigenvalue weighted by Crippen LogP contribution is -2.20. The fraction of sp³-hybridized carbons (Fsp3) is 0.273. The predicted octanol–water partition coefficient (Wildman–Crippen LogP) is 4.92. The first kappa shape index (κ1) is 19.1. The molecule has 4 heterocycles. The minimum atomic E-state index is -0.400. The van der Waals surface area contributed by atoms with Crippen LogP contribution in [0.4, 0.5) is 10.2 Å². The molecule has 0 spiro atoms. The van der Waals surface area contributed by atoms with E-state index in [1.807, 2.05) is 6.07 Å². The van der Waals surface area contributed by atoms with Crippen LogP contribution < -0.4 is 14.8 Å². The number of hydrogen-bond acceptors (Lipinski definition) is 6. The summed E-state index contributed by atoms with van der Waals surface area (Å²) in [7, 11) is 0. The predicted molar refractivity (Wildman–Crippen MR) is 111 cm³/mol. The maximum absolute atomic E-state index is 14.5. The zero-order valence-electron chi connectivity index (χ0n) is 16.0. The molecule has 1 unspecified atom stereocenters. The lowest BCUT2D eigenvalue weighted by Gasteiger charge is -2.22. The van der Waals surface area contributed by atoms with Gasteiger partial charge in [0, 0.05) is 34.3 Å². The van der Waals surface area contributed by atoms with Crippen LogP contribution in [-0.4, -0.2) is 36.0 Å². The number of hydrogen-bond donors (Lipinski definition) is 1. The minimum Gasteiger partial charge on any atom is -0.487 e.